The van der Waals surface area contributed by atoms with Crippen molar-refractivity contribution in [1.29, 1.82) is 0 Å². The molecule has 9 nitrogen and oxygen atoms in total. The van der Waals surface area contributed by atoms with E-state index in [9.17, 15) is 14.4 Å². The van der Waals surface area contributed by atoms with Crippen LogP contribution in [0.15, 0.2) is 60.8 Å². The van der Waals surface area contributed by atoms with Crippen LogP contribution in [0.25, 0.3) is 0 Å². The fraction of sp³-hybridized carbons (Fsp3) is 0.0952. The first-order valence-corrected chi connectivity index (χ1v) is 8.83. The second-order valence-electron chi connectivity index (χ2n) is 6.04. The van der Waals surface area contributed by atoms with Crippen molar-refractivity contribution in [2.75, 3.05) is 12.4 Å². The van der Waals surface area contributed by atoms with E-state index in [0.29, 0.717) is 5.69 Å². The molecule has 3 aromatic rings. The van der Waals surface area contributed by atoms with Crippen LogP contribution in [0.2, 0.25) is 0 Å². The Hall–Kier alpha value is -4.27. The van der Waals surface area contributed by atoms with Gasteiger partial charge in [0.05, 0.1) is 24.8 Å². The molecule has 0 saturated heterocycles. The summed E-state index contributed by atoms with van der Waals surface area (Å²) in [5.41, 5.74) is 6.09. The molecule has 2 amide bonds. The molecular formula is C21H18N4O5. The van der Waals surface area contributed by atoms with E-state index in [1.54, 1.807) is 42.5 Å². The highest BCUT2D eigenvalue weighted by Gasteiger charge is 2.18. The largest absolute Gasteiger partial charge is 0.469 e. The monoisotopic (exact) mass is 406 g/mol. The van der Waals surface area contributed by atoms with E-state index in [-0.39, 0.29) is 35.0 Å². The molecule has 152 valence electrons. The van der Waals surface area contributed by atoms with E-state index in [4.69, 9.17) is 10.5 Å². The lowest BCUT2D eigenvalue weighted by Gasteiger charge is -2.12. The third-order valence-corrected chi connectivity index (χ3v) is 3.98. The zero-order chi connectivity index (χ0) is 21.5. The fourth-order valence-electron chi connectivity index (χ4n) is 2.56. The molecule has 30 heavy (non-hydrogen) atoms. The minimum absolute atomic E-state index is 0.00517. The molecule has 2 aromatic heterocycles. The average Bonchev–Trinajstić information content (AvgIpc) is 2.74. The van der Waals surface area contributed by atoms with Crippen LogP contribution in [0.3, 0.4) is 0 Å². The molecule has 9 heteroatoms. The van der Waals surface area contributed by atoms with Gasteiger partial charge in [-0.1, -0.05) is 18.2 Å². The molecule has 0 fully saturated rings. The van der Waals surface area contributed by atoms with Gasteiger partial charge in [0, 0.05) is 6.20 Å². The average molecular weight is 406 g/mol. The summed E-state index contributed by atoms with van der Waals surface area (Å²) in [7, 11) is 1.29. The number of amides is 2. The number of nitrogens with one attached hydrogen (secondary N) is 1. The standard InChI is InChI=1S/C21H18N4O5/c1-29-18(26)12-13-6-4-10-17(24-13)25-20(28)15-8-5-11-23-21(15)30-16-9-3-2-7-14(16)19(22)27/h2-11H,12H2,1H3,(H2,22,27)(H,24,25,28). The molecule has 0 bridgehead atoms. The number of carbonyl (C=O) groups is 3. The second kappa shape index (κ2) is 9.28. The number of esters is 1. The highest BCUT2D eigenvalue weighted by atomic mass is 16.5. The summed E-state index contributed by atoms with van der Waals surface area (Å²) in [6, 6.07) is 14.3. The van der Waals surface area contributed by atoms with Gasteiger partial charge in [-0.2, -0.15) is 0 Å². The fourth-order valence-corrected chi connectivity index (χ4v) is 2.56. The number of primary amides is 1. The van der Waals surface area contributed by atoms with Gasteiger partial charge in [0.2, 0.25) is 5.88 Å². The molecule has 2 heterocycles. The minimum Gasteiger partial charge on any atom is -0.469 e. The Morgan fingerprint density at radius 2 is 1.77 bits per heavy atom. The van der Waals surface area contributed by atoms with Crippen molar-refractivity contribution < 1.29 is 23.9 Å². The maximum Gasteiger partial charge on any atom is 0.311 e. The van der Waals surface area contributed by atoms with Gasteiger partial charge in [0.25, 0.3) is 11.8 Å². The Labute approximate surface area is 171 Å². The van der Waals surface area contributed by atoms with E-state index in [2.05, 4.69) is 20.0 Å². The van der Waals surface area contributed by atoms with Crippen molar-refractivity contribution in [3.8, 4) is 11.6 Å². The van der Waals surface area contributed by atoms with Crippen LogP contribution in [0.5, 0.6) is 11.6 Å². The third kappa shape index (κ3) is 4.96. The topological polar surface area (TPSA) is 134 Å². The number of nitrogens with zero attached hydrogens (tertiary/aromatic N) is 2. The summed E-state index contributed by atoms with van der Waals surface area (Å²) in [6.45, 7) is 0. The van der Waals surface area contributed by atoms with E-state index in [1.165, 1.54) is 25.4 Å². The van der Waals surface area contributed by atoms with Gasteiger partial charge < -0.3 is 20.5 Å². The normalized spacial score (nSPS) is 10.2. The van der Waals surface area contributed by atoms with Crippen molar-refractivity contribution in [3.05, 3.63) is 77.6 Å². The highest BCUT2D eigenvalue weighted by Crippen LogP contribution is 2.26. The van der Waals surface area contributed by atoms with Crippen LogP contribution in [0.4, 0.5) is 5.82 Å². The Kier molecular flexibility index (Phi) is 6.33. The maximum absolute atomic E-state index is 12.8. The predicted molar refractivity (Wildman–Crippen MR) is 107 cm³/mol. The van der Waals surface area contributed by atoms with E-state index < -0.39 is 17.8 Å². The number of methoxy groups -OCH3 is 1. The summed E-state index contributed by atoms with van der Waals surface area (Å²) in [4.78, 5) is 44.1. The van der Waals surface area contributed by atoms with Crippen molar-refractivity contribution in [2.24, 2.45) is 5.73 Å². The number of nitrogens with two attached hydrogens (primary N) is 1. The number of ether oxygens (including phenoxy) is 2. The predicted octanol–water partition coefficient (Wildman–Crippen LogP) is 2.34. The number of para-hydroxylation sites is 1. The quantitative estimate of drug-likeness (QED) is 0.575. The summed E-state index contributed by atoms with van der Waals surface area (Å²) < 4.78 is 10.3. The van der Waals surface area contributed by atoms with Gasteiger partial charge in [-0.3, -0.25) is 14.4 Å². The number of rotatable bonds is 7. The molecule has 1 aromatic carbocycles. The lowest BCUT2D eigenvalue weighted by atomic mass is 10.2. The van der Waals surface area contributed by atoms with Crippen LogP contribution >= 0.6 is 0 Å². The molecule has 0 saturated carbocycles. The number of pyridine rings is 2. The van der Waals surface area contributed by atoms with Crippen molar-refractivity contribution >= 4 is 23.6 Å². The van der Waals surface area contributed by atoms with Crippen molar-refractivity contribution in [2.45, 2.75) is 6.42 Å². The summed E-state index contributed by atoms with van der Waals surface area (Å²) >= 11 is 0. The summed E-state index contributed by atoms with van der Waals surface area (Å²) in [5, 5.41) is 2.64. The lowest BCUT2D eigenvalue weighted by Crippen LogP contribution is -2.16. The Balaban J connectivity index is 1.83. The first-order valence-electron chi connectivity index (χ1n) is 8.83. The molecule has 3 rings (SSSR count). The highest BCUT2D eigenvalue weighted by molar-refractivity contribution is 6.05. The molecule has 0 aliphatic heterocycles. The molecule has 0 radical (unpaired) electrons. The third-order valence-electron chi connectivity index (χ3n) is 3.98. The number of benzene rings is 1. The molecule has 0 unspecified atom stereocenters. The lowest BCUT2D eigenvalue weighted by molar-refractivity contribution is -0.139. The van der Waals surface area contributed by atoms with Crippen LogP contribution in [-0.2, 0) is 16.0 Å². The molecular weight excluding hydrogens is 388 g/mol. The van der Waals surface area contributed by atoms with Crippen LogP contribution in [0.1, 0.15) is 26.4 Å². The SMILES string of the molecule is COC(=O)Cc1cccc(NC(=O)c2cccnc2Oc2ccccc2C(N)=O)n1. The Morgan fingerprint density at radius 1 is 1.00 bits per heavy atom. The zero-order valence-electron chi connectivity index (χ0n) is 16.0. The van der Waals surface area contributed by atoms with Gasteiger partial charge in [0.15, 0.2) is 0 Å². The molecule has 0 atom stereocenters. The van der Waals surface area contributed by atoms with Gasteiger partial charge in [-0.05, 0) is 36.4 Å². The Morgan fingerprint density at radius 3 is 2.53 bits per heavy atom. The maximum atomic E-state index is 12.8. The number of carbonyl (C=O) groups excluding carboxylic acids is 3. The number of aromatic nitrogens is 2. The van der Waals surface area contributed by atoms with Crippen LogP contribution < -0.4 is 15.8 Å². The summed E-state index contributed by atoms with van der Waals surface area (Å²) in [6.07, 6.45) is 1.43. The first kappa shape index (κ1) is 20.5. The first-order chi connectivity index (χ1) is 14.5. The molecule has 0 aliphatic carbocycles. The second-order valence-corrected chi connectivity index (χ2v) is 6.04. The number of anilines is 1. The van der Waals surface area contributed by atoms with Gasteiger partial charge >= 0.3 is 5.97 Å². The van der Waals surface area contributed by atoms with E-state index >= 15 is 0 Å². The summed E-state index contributed by atoms with van der Waals surface area (Å²) in [5.74, 6) is -1.22. The number of hydrogen-bond acceptors (Lipinski definition) is 7. The smallest absolute Gasteiger partial charge is 0.311 e. The molecule has 0 aliphatic rings. The van der Waals surface area contributed by atoms with E-state index in [0.717, 1.165) is 0 Å². The van der Waals surface area contributed by atoms with Crippen LogP contribution in [-0.4, -0.2) is 34.9 Å². The van der Waals surface area contributed by atoms with Gasteiger partial charge in [0.1, 0.15) is 17.1 Å². The van der Waals surface area contributed by atoms with Gasteiger partial charge in [-0.25, -0.2) is 9.97 Å². The Bertz CT molecular complexity index is 1100. The minimum atomic E-state index is -0.667. The van der Waals surface area contributed by atoms with Crippen LogP contribution in [0, 0.1) is 0 Å². The molecule has 3 N–H and O–H groups in total. The van der Waals surface area contributed by atoms with Crippen molar-refractivity contribution in [3.63, 3.8) is 0 Å². The number of hydrogen-bond donors (Lipinski definition) is 2. The zero-order valence-corrected chi connectivity index (χ0v) is 16.0. The van der Waals surface area contributed by atoms with Crippen molar-refractivity contribution in [1.82, 2.24) is 9.97 Å². The van der Waals surface area contributed by atoms with Gasteiger partial charge in [-0.15, -0.1) is 0 Å². The molecule has 0 spiro atoms. The van der Waals surface area contributed by atoms with E-state index in [1.807, 2.05) is 0 Å².